The number of likely N-dealkylation sites (tertiary alicyclic amines) is 2. The molecule has 4 N–H and O–H groups in total. The lowest BCUT2D eigenvalue weighted by Crippen LogP contribution is -2.38. The van der Waals surface area contributed by atoms with E-state index in [9.17, 15) is 14.4 Å². The van der Waals surface area contributed by atoms with Gasteiger partial charge in [0.15, 0.2) is 0 Å². The zero-order valence-corrected chi connectivity index (χ0v) is 35.0. The van der Waals surface area contributed by atoms with Crippen LogP contribution in [0, 0.1) is 0 Å². The topological polar surface area (TPSA) is 165 Å². The molecule has 15 heteroatoms. The van der Waals surface area contributed by atoms with Crippen LogP contribution in [0.1, 0.15) is 64.5 Å². The van der Waals surface area contributed by atoms with Gasteiger partial charge in [-0.3, -0.25) is 19.2 Å². The number of carbonyl (C=O) groups excluding carboxylic acids is 4. The van der Waals surface area contributed by atoms with E-state index in [0.29, 0.717) is 6.47 Å². The van der Waals surface area contributed by atoms with Gasteiger partial charge in [0.1, 0.15) is 6.04 Å². The summed E-state index contributed by atoms with van der Waals surface area (Å²) >= 11 is 3.57. The molecule has 0 radical (unpaired) electrons. The molecule has 6 aromatic rings. The first kappa shape index (κ1) is 44.3. The first-order chi connectivity index (χ1) is 27.8. The van der Waals surface area contributed by atoms with Crippen LogP contribution in [0.25, 0.3) is 42.8 Å². The van der Waals surface area contributed by atoms with Gasteiger partial charge in [0, 0.05) is 55.0 Å². The Morgan fingerprint density at radius 1 is 0.895 bits per heavy atom. The summed E-state index contributed by atoms with van der Waals surface area (Å²) in [4.78, 5) is 61.4. The molecule has 4 aromatic heterocycles. The van der Waals surface area contributed by atoms with Crippen LogP contribution >= 0.6 is 22.7 Å². The molecular formula is C42H54N8O5S2. The van der Waals surface area contributed by atoms with E-state index in [1.165, 1.54) is 46.5 Å². The summed E-state index contributed by atoms with van der Waals surface area (Å²) in [5.41, 5.74) is 7.93. The molecule has 1 unspecified atom stereocenters. The number of H-pyrrole nitrogens is 2. The van der Waals surface area contributed by atoms with E-state index in [0.717, 1.165) is 74.2 Å². The smallest absolute Gasteiger partial charge is 0.292 e. The molecule has 6 heterocycles. The summed E-state index contributed by atoms with van der Waals surface area (Å²) in [6.07, 6.45) is 11.0. The van der Waals surface area contributed by atoms with Crippen LogP contribution in [0.5, 0.6) is 0 Å². The molecule has 8 rings (SSSR count). The monoisotopic (exact) mass is 814 g/mol. The van der Waals surface area contributed by atoms with Crippen LogP contribution < -0.4 is 10.6 Å². The minimum absolute atomic E-state index is 0.0303. The molecule has 0 saturated carbocycles. The van der Waals surface area contributed by atoms with E-state index in [1.54, 1.807) is 40.2 Å². The second-order valence-electron chi connectivity index (χ2n) is 13.3. The third-order valence-electron chi connectivity index (χ3n) is 8.93. The number of fused-ring (bicyclic) bond motifs is 2. The fourth-order valence-corrected chi connectivity index (χ4v) is 8.63. The van der Waals surface area contributed by atoms with Crippen molar-refractivity contribution in [1.82, 2.24) is 40.4 Å². The Kier molecular flexibility index (Phi) is 18.4. The second kappa shape index (κ2) is 23.6. The summed E-state index contributed by atoms with van der Waals surface area (Å²) < 4.78 is 6.50. The highest BCUT2D eigenvalue weighted by Gasteiger charge is 2.26. The number of thiophene rings is 2. The van der Waals surface area contributed by atoms with E-state index in [2.05, 4.69) is 78.1 Å². The predicted molar refractivity (Wildman–Crippen MR) is 230 cm³/mol. The van der Waals surface area contributed by atoms with Crippen molar-refractivity contribution in [2.75, 3.05) is 46.9 Å². The summed E-state index contributed by atoms with van der Waals surface area (Å²) in [6, 6.07) is 16.1. The van der Waals surface area contributed by atoms with Crippen molar-refractivity contribution in [3.05, 3.63) is 83.7 Å². The van der Waals surface area contributed by atoms with Crippen molar-refractivity contribution in [3.8, 4) is 22.4 Å². The van der Waals surface area contributed by atoms with Gasteiger partial charge in [-0.1, -0.05) is 56.7 Å². The number of rotatable bonds is 8. The number of amides is 3. The van der Waals surface area contributed by atoms with E-state index < -0.39 is 0 Å². The maximum atomic E-state index is 12.2. The maximum absolute atomic E-state index is 12.2. The Hall–Kier alpha value is -5.38. The quantitative estimate of drug-likeness (QED) is 0.115. The van der Waals surface area contributed by atoms with E-state index in [-0.39, 0.29) is 30.3 Å². The second-order valence-corrected chi connectivity index (χ2v) is 15.0. The first-order valence-corrected chi connectivity index (χ1v) is 20.9. The SMILES string of the molecule is CC(=O)NCC(=O)N1CCCC1.CCC.CNC(C(=O)N1CCCC1)c1ccccc1.COC=O.c1ncc(-c2csc3c(-c4ccc5nc[nH]c5c4)csc23)[nH]1. The lowest BCUT2D eigenvalue weighted by Gasteiger charge is -2.23. The lowest BCUT2D eigenvalue weighted by molar-refractivity contribution is -0.132. The molecule has 1 atom stereocenters. The normalized spacial score (nSPS) is 13.5. The molecule has 57 heavy (non-hydrogen) atoms. The number of ether oxygens (including phenoxy) is 1. The Bertz CT molecular complexity index is 2100. The molecule has 2 aromatic carbocycles. The van der Waals surface area contributed by atoms with Crippen molar-refractivity contribution in [1.29, 1.82) is 0 Å². The number of nitrogens with zero attached hydrogens (tertiary/aromatic N) is 4. The molecule has 2 saturated heterocycles. The zero-order chi connectivity index (χ0) is 41.0. The zero-order valence-electron chi connectivity index (χ0n) is 33.4. The minimum Gasteiger partial charge on any atom is -0.471 e. The fourth-order valence-electron chi connectivity index (χ4n) is 6.19. The van der Waals surface area contributed by atoms with Crippen LogP contribution in [-0.2, 0) is 23.9 Å². The molecule has 0 spiro atoms. The molecule has 3 amide bonds. The summed E-state index contributed by atoms with van der Waals surface area (Å²) in [6.45, 7) is 9.69. The van der Waals surface area contributed by atoms with Gasteiger partial charge in [-0.2, -0.15) is 0 Å². The Morgan fingerprint density at radius 3 is 2.09 bits per heavy atom. The van der Waals surface area contributed by atoms with Crippen molar-refractivity contribution in [3.63, 3.8) is 0 Å². The maximum Gasteiger partial charge on any atom is 0.292 e. The van der Waals surface area contributed by atoms with Crippen LogP contribution in [0.4, 0.5) is 0 Å². The van der Waals surface area contributed by atoms with Gasteiger partial charge in [0.05, 0.1) is 58.6 Å². The van der Waals surface area contributed by atoms with E-state index in [4.69, 9.17) is 4.79 Å². The van der Waals surface area contributed by atoms with Crippen molar-refractivity contribution in [2.24, 2.45) is 0 Å². The predicted octanol–water partition coefficient (Wildman–Crippen LogP) is 7.42. The van der Waals surface area contributed by atoms with Gasteiger partial charge in [-0.05, 0) is 56.0 Å². The first-order valence-electron chi connectivity index (χ1n) is 19.2. The molecule has 2 aliphatic heterocycles. The summed E-state index contributed by atoms with van der Waals surface area (Å²) in [5.74, 6) is 0.0800. The van der Waals surface area contributed by atoms with E-state index in [1.807, 2.05) is 48.5 Å². The standard InChI is InChI=1S/C16H10N4S2.C13H18N2O.C8H14N2O2.C3H8.C2H4O2/c1-2-12-13(20-8-19-12)3-9(1)10-5-21-16-11(6-22-15(10)16)14-4-17-7-18-14;1-14-12(11-7-3-2-4-8-11)13(16)15-9-5-6-10-15;1-7(11)9-6-8(12)10-4-2-3-5-10;1-3-2;1-4-2-3/h1-8H,(H,17,18)(H,19,20);2-4,7-8,12,14H,5-6,9-10H2,1H3;2-6H2,1H3,(H,9,11);3H2,1-2H3;2H,1H3. The van der Waals surface area contributed by atoms with Crippen molar-refractivity contribution < 1.29 is 23.9 Å². The van der Waals surface area contributed by atoms with Gasteiger partial charge in [-0.25, -0.2) is 9.97 Å². The van der Waals surface area contributed by atoms with Gasteiger partial charge in [-0.15, -0.1) is 22.7 Å². The number of likely N-dealkylation sites (N-methyl/N-ethyl adjacent to an activating group) is 1. The third kappa shape index (κ3) is 12.8. The van der Waals surface area contributed by atoms with E-state index >= 15 is 0 Å². The van der Waals surface area contributed by atoms with Crippen LogP contribution in [0.2, 0.25) is 0 Å². The number of hydrogen-bond acceptors (Lipinski definition) is 10. The highest BCUT2D eigenvalue weighted by molar-refractivity contribution is 7.27. The largest absolute Gasteiger partial charge is 0.471 e. The molecular weight excluding hydrogens is 761 g/mol. The average Bonchev–Trinajstić information content (AvgIpc) is 4.09. The highest BCUT2D eigenvalue weighted by Crippen LogP contribution is 2.43. The molecule has 0 aliphatic carbocycles. The number of methoxy groups -OCH3 is 1. The van der Waals surface area contributed by atoms with Gasteiger partial charge in [0.2, 0.25) is 17.7 Å². The number of benzene rings is 2. The third-order valence-corrected chi connectivity index (χ3v) is 11.1. The fraction of sp³-hybridized carbons (Fsp3) is 0.381. The average molecular weight is 815 g/mol. The molecule has 0 bridgehead atoms. The number of carbonyl (C=O) groups is 4. The molecule has 13 nitrogen and oxygen atoms in total. The Morgan fingerprint density at radius 2 is 1.51 bits per heavy atom. The van der Waals surface area contributed by atoms with Gasteiger partial charge < -0.3 is 35.1 Å². The van der Waals surface area contributed by atoms with Crippen LogP contribution in [0.15, 0.2) is 78.1 Å². The molecule has 2 aliphatic rings. The van der Waals surface area contributed by atoms with Gasteiger partial charge >= 0.3 is 0 Å². The summed E-state index contributed by atoms with van der Waals surface area (Å²) in [7, 11) is 3.15. The van der Waals surface area contributed by atoms with Crippen LogP contribution in [-0.4, -0.2) is 101 Å². The molecule has 2 fully saturated rings. The summed E-state index contributed by atoms with van der Waals surface area (Å²) in [5, 5.41) is 10.0. The Balaban J connectivity index is 0.000000182. The van der Waals surface area contributed by atoms with Crippen molar-refractivity contribution in [2.45, 2.75) is 58.9 Å². The highest BCUT2D eigenvalue weighted by atomic mass is 32.1. The Labute approximate surface area is 342 Å². The van der Waals surface area contributed by atoms with Crippen molar-refractivity contribution >= 4 is 67.3 Å². The number of hydrogen-bond donors (Lipinski definition) is 4. The van der Waals surface area contributed by atoms with Crippen LogP contribution in [0.3, 0.4) is 0 Å². The molecule has 304 valence electrons. The number of imidazole rings is 2. The minimum atomic E-state index is -0.195. The number of aromatic nitrogens is 4. The number of aromatic amines is 2. The van der Waals surface area contributed by atoms with Gasteiger partial charge in [0.25, 0.3) is 6.47 Å². The number of nitrogens with one attached hydrogen (secondary N) is 4. The lowest BCUT2D eigenvalue weighted by atomic mass is 10.1.